The van der Waals surface area contributed by atoms with Crippen LogP contribution in [0.5, 0.6) is 5.75 Å². The van der Waals surface area contributed by atoms with Gasteiger partial charge in [0, 0.05) is 6.54 Å². The van der Waals surface area contributed by atoms with Crippen molar-refractivity contribution >= 4 is 6.09 Å². The van der Waals surface area contributed by atoms with E-state index >= 15 is 0 Å². The van der Waals surface area contributed by atoms with Gasteiger partial charge in [-0.1, -0.05) is 42.5 Å². The lowest BCUT2D eigenvalue weighted by atomic mass is 9.86. The fraction of sp³-hybridized carbons (Fsp3) is 0.360. The number of amides is 1. The first kappa shape index (κ1) is 20.6. The second-order valence-corrected chi connectivity index (χ2v) is 8.36. The van der Waals surface area contributed by atoms with Gasteiger partial charge in [0.2, 0.25) is 5.89 Å². The van der Waals surface area contributed by atoms with Crippen LogP contribution in [0.1, 0.15) is 35.9 Å². The summed E-state index contributed by atoms with van der Waals surface area (Å²) < 4.78 is 16.9. The summed E-state index contributed by atoms with van der Waals surface area (Å²) >= 11 is 0. The third kappa shape index (κ3) is 4.78. The molecule has 3 aliphatic rings. The summed E-state index contributed by atoms with van der Waals surface area (Å²) in [7, 11) is 0. The summed E-state index contributed by atoms with van der Waals surface area (Å²) in [5, 5.41) is 3.09. The summed E-state index contributed by atoms with van der Waals surface area (Å²) in [6.07, 6.45) is 4.89. The molecule has 0 aliphatic carbocycles. The van der Waals surface area contributed by atoms with E-state index in [9.17, 15) is 4.79 Å². The molecular weight excluding hydrogens is 406 g/mol. The highest BCUT2D eigenvalue weighted by atomic mass is 16.6. The average Bonchev–Trinajstić information content (AvgIpc) is 3.37. The molecule has 7 heteroatoms. The van der Waals surface area contributed by atoms with Crippen LogP contribution in [-0.4, -0.2) is 41.7 Å². The number of oxazole rings is 1. The standard InChI is InChI=1S/C25H27N3O4/c29-25(32-22-16-28-12-9-18(22)10-13-28)27-24(19-5-2-1-3-6-19)20-7-4-8-21(15-20)31-17-23-26-11-14-30-23/h1-8,11,14-15,18,22,24H,9-10,12-13,16-17H2,(H,27,29)/t22-,24?/m0/s1. The summed E-state index contributed by atoms with van der Waals surface area (Å²) in [4.78, 5) is 19.4. The molecule has 3 saturated heterocycles. The van der Waals surface area contributed by atoms with Crippen LogP contribution in [0.2, 0.25) is 0 Å². The zero-order valence-electron chi connectivity index (χ0n) is 17.9. The number of ether oxygens (including phenoxy) is 2. The quantitative estimate of drug-likeness (QED) is 0.603. The molecule has 2 atom stereocenters. The van der Waals surface area contributed by atoms with E-state index in [1.54, 1.807) is 6.20 Å². The van der Waals surface area contributed by atoms with E-state index in [0.717, 1.165) is 43.6 Å². The van der Waals surface area contributed by atoms with Gasteiger partial charge in [0.1, 0.15) is 18.1 Å². The second kappa shape index (κ2) is 9.44. The number of benzene rings is 2. The Balaban J connectivity index is 1.31. The number of hydrogen-bond donors (Lipinski definition) is 1. The third-order valence-corrected chi connectivity index (χ3v) is 6.29. The van der Waals surface area contributed by atoms with Crippen LogP contribution in [0.15, 0.2) is 71.5 Å². The van der Waals surface area contributed by atoms with Gasteiger partial charge in [0.25, 0.3) is 0 Å². The Bertz CT molecular complexity index is 1020. The molecule has 0 saturated carbocycles. The molecule has 1 N–H and O–H groups in total. The molecule has 32 heavy (non-hydrogen) atoms. The molecule has 7 nitrogen and oxygen atoms in total. The first-order valence-electron chi connectivity index (χ1n) is 11.1. The van der Waals surface area contributed by atoms with Gasteiger partial charge in [0.05, 0.1) is 12.2 Å². The number of rotatable bonds is 7. The topological polar surface area (TPSA) is 76.8 Å². The lowest BCUT2D eigenvalue weighted by Gasteiger charge is -2.43. The Morgan fingerprint density at radius 2 is 1.94 bits per heavy atom. The molecule has 3 fully saturated rings. The maximum atomic E-state index is 12.9. The molecule has 6 rings (SSSR count). The molecule has 0 radical (unpaired) electrons. The van der Waals surface area contributed by atoms with Crippen LogP contribution in [0, 0.1) is 5.92 Å². The lowest BCUT2D eigenvalue weighted by molar-refractivity contribution is -0.0336. The molecule has 4 heterocycles. The third-order valence-electron chi connectivity index (χ3n) is 6.29. The molecule has 3 aromatic rings. The normalized spacial score (nSPS) is 22.8. The number of alkyl carbamates (subject to hydrolysis) is 1. The SMILES string of the molecule is O=C(NC(c1ccccc1)c1cccc(OCc2ncco2)c1)O[C@H]1CN2CCC1CC2. The van der Waals surface area contributed by atoms with Crippen molar-refractivity contribution in [3.05, 3.63) is 84.1 Å². The second-order valence-electron chi connectivity index (χ2n) is 8.36. The van der Waals surface area contributed by atoms with Crippen molar-refractivity contribution in [3.63, 3.8) is 0 Å². The summed E-state index contributed by atoms with van der Waals surface area (Å²) in [6.45, 7) is 3.29. The van der Waals surface area contributed by atoms with Crippen molar-refractivity contribution < 1.29 is 18.7 Å². The Morgan fingerprint density at radius 1 is 1.12 bits per heavy atom. The highest BCUT2D eigenvalue weighted by Crippen LogP contribution is 2.30. The van der Waals surface area contributed by atoms with Crippen molar-refractivity contribution in [2.24, 2.45) is 5.92 Å². The molecule has 1 amide bonds. The Hall–Kier alpha value is -3.32. The monoisotopic (exact) mass is 433 g/mol. The maximum Gasteiger partial charge on any atom is 0.408 e. The van der Waals surface area contributed by atoms with Crippen LogP contribution in [-0.2, 0) is 11.3 Å². The highest BCUT2D eigenvalue weighted by Gasteiger charge is 2.36. The fourth-order valence-electron chi connectivity index (χ4n) is 4.59. The van der Waals surface area contributed by atoms with Crippen LogP contribution in [0.4, 0.5) is 4.79 Å². The molecule has 2 aromatic carbocycles. The number of fused-ring (bicyclic) bond motifs is 3. The number of aromatic nitrogens is 1. The van der Waals surface area contributed by atoms with Crippen LogP contribution in [0.3, 0.4) is 0 Å². The predicted octanol–water partition coefficient (Wildman–Crippen LogP) is 4.16. The summed E-state index contributed by atoms with van der Waals surface area (Å²) in [6, 6.07) is 17.2. The Morgan fingerprint density at radius 3 is 2.66 bits per heavy atom. The van der Waals surface area contributed by atoms with Crippen molar-refractivity contribution in [1.82, 2.24) is 15.2 Å². The Kier molecular flexibility index (Phi) is 6.07. The Labute approximate surface area is 187 Å². The number of piperidine rings is 3. The van der Waals surface area contributed by atoms with Crippen LogP contribution >= 0.6 is 0 Å². The van der Waals surface area contributed by atoms with E-state index in [2.05, 4.69) is 15.2 Å². The minimum atomic E-state index is -0.385. The number of nitrogens with one attached hydrogen (secondary N) is 1. The van der Waals surface area contributed by atoms with E-state index in [-0.39, 0.29) is 24.8 Å². The molecule has 3 aliphatic heterocycles. The number of carbonyl (C=O) groups is 1. The van der Waals surface area contributed by atoms with Gasteiger partial charge in [-0.15, -0.1) is 0 Å². The van der Waals surface area contributed by atoms with Gasteiger partial charge < -0.3 is 19.2 Å². The maximum absolute atomic E-state index is 12.9. The van der Waals surface area contributed by atoms with Crippen molar-refractivity contribution in [2.75, 3.05) is 19.6 Å². The van der Waals surface area contributed by atoms with Crippen molar-refractivity contribution in [3.8, 4) is 5.75 Å². The van der Waals surface area contributed by atoms with Crippen LogP contribution in [0.25, 0.3) is 0 Å². The fourth-order valence-corrected chi connectivity index (χ4v) is 4.59. The van der Waals surface area contributed by atoms with Gasteiger partial charge in [-0.2, -0.15) is 0 Å². The number of carbonyl (C=O) groups excluding carboxylic acids is 1. The van der Waals surface area contributed by atoms with E-state index in [4.69, 9.17) is 13.9 Å². The van der Waals surface area contributed by atoms with E-state index < -0.39 is 0 Å². The zero-order chi connectivity index (χ0) is 21.8. The molecule has 1 aromatic heterocycles. The van der Waals surface area contributed by atoms with Crippen molar-refractivity contribution in [1.29, 1.82) is 0 Å². The molecule has 0 spiro atoms. The number of nitrogens with zero attached hydrogens (tertiary/aromatic N) is 2. The number of hydrogen-bond acceptors (Lipinski definition) is 6. The predicted molar refractivity (Wildman–Crippen MR) is 118 cm³/mol. The van der Waals surface area contributed by atoms with Gasteiger partial charge in [-0.25, -0.2) is 9.78 Å². The van der Waals surface area contributed by atoms with Gasteiger partial charge in [0.15, 0.2) is 6.61 Å². The highest BCUT2D eigenvalue weighted by molar-refractivity contribution is 5.69. The average molecular weight is 434 g/mol. The van der Waals surface area contributed by atoms with Gasteiger partial charge in [-0.3, -0.25) is 4.90 Å². The minimum Gasteiger partial charge on any atom is -0.484 e. The smallest absolute Gasteiger partial charge is 0.408 e. The van der Waals surface area contributed by atoms with Crippen LogP contribution < -0.4 is 10.1 Å². The lowest BCUT2D eigenvalue weighted by Crippen LogP contribution is -2.52. The van der Waals surface area contributed by atoms with E-state index in [1.807, 2.05) is 54.6 Å². The summed E-state index contributed by atoms with van der Waals surface area (Å²) in [5.41, 5.74) is 1.88. The first-order chi connectivity index (χ1) is 15.7. The molecular formula is C25H27N3O4. The van der Waals surface area contributed by atoms with E-state index in [0.29, 0.717) is 17.6 Å². The molecule has 1 unspecified atom stereocenters. The minimum absolute atomic E-state index is 0.0376. The van der Waals surface area contributed by atoms with Gasteiger partial charge >= 0.3 is 6.09 Å². The van der Waals surface area contributed by atoms with Gasteiger partial charge in [-0.05, 0) is 55.1 Å². The van der Waals surface area contributed by atoms with E-state index in [1.165, 1.54) is 6.26 Å². The van der Waals surface area contributed by atoms with Crippen molar-refractivity contribution in [2.45, 2.75) is 31.6 Å². The zero-order valence-corrected chi connectivity index (χ0v) is 17.9. The molecule has 166 valence electrons. The first-order valence-corrected chi connectivity index (χ1v) is 11.1. The summed E-state index contributed by atoms with van der Waals surface area (Å²) in [5.74, 6) is 1.65. The largest absolute Gasteiger partial charge is 0.484 e. The molecule has 2 bridgehead atoms.